The maximum Gasteiger partial charge on any atom is 0.321 e. The third kappa shape index (κ3) is 5.06. The molecular formula is C21H28N2O4. The number of rotatable bonds is 8. The van der Waals surface area contributed by atoms with Gasteiger partial charge in [0.15, 0.2) is 11.5 Å². The van der Waals surface area contributed by atoms with Crippen LogP contribution in [0.5, 0.6) is 17.2 Å². The van der Waals surface area contributed by atoms with E-state index >= 15 is 0 Å². The lowest BCUT2D eigenvalue weighted by Crippen LogP contribution is -2.40. The van der Waals surface area contributed by atoms with Gasteiger partial charge in [-0.1, -0.05) is 12.1 Å². The normalized spacial score (nSPS) is 10.3. The molecule has 0 atom stereocenters. The first kappa shape index (κ1) is 20.4. The van der Waals surface area contributed by atoms with Gasteiger partial charge in [0.25, 0.3) is 0 Å². The summed E-state index contributed by atoms with van der Waals surface area (Å²) in [6, 6.07) is 11.6. The fourth-order valence-electron chi connectivity index (χ4n) is 2.93. The zero-order valence-electron chi connectivity index (χ0n) is 16.7. The van der Waals surface area contributed by atoms with Crippen molar-refractivity contribution in [2.24, 2.45) is 0 Å². The summed E-state index contributed by atoms with van der Waals surface area (Å²) in [5.41, 5.74) is 3.00. The highest BCUT2D eigenvalue weighted by molar-refractivity contribution is 5.91. The minimum atomic E-state index is -0.115. The second-order valence-corrected chi connectivity index (χ2v) is 6.10. The number of nitrogens with one attached hydrogen (secondary N) is 1. The second-order valence-electron chi connectivity index (χ2n) is 6.10. The molecule has 1 N–H and O–H groups in total. The number of ether oxygens (including phenoxy) is 3. The molecule has 27 heavy (non-hydrogen) atoms. The summed E-state index contributed by atoms with van der Waals surface area (Å²) in [6.45, 7) is 5.07. The van der Waals surface area contributed by atoms with Crippen molar-refractivity contribution < 1.29 is 19.0 Å². The Labute approximate surface area is 161 Å². The standard InChI is InChI=1S/C21H28N2O4/c1-6-23(17-9-7-8-15(2)12-17)21(24)22-11-10-16-13-18(25-3)20(27-5)19(14-16)26-4/h7-9,12-14H,6,10-11H2,1-5H3,(H,22,24). The van der Waals surface area contributed by atoms with Gasteiger partial charge < -0.3 is 19.5 Å². The molecule has 0 aliphatic heterocycles. The predicted molar refractivity (Wildman–Crippen MR) is 107 cm³/mol. The smallest absolute Gasteiger partial charge is 0.321 e. The third-order valence-electron chi connectivity index (χ3n) is 4.29. The maximum atomic E-state index is 12.6. The summed E-state index contributed by atoms with van der Waals surface area (Å²) in [4.78, 5) is 14.3. The molecule has 0 radical (unpaired) electrons. The number of aryl methyl sites for hydroxylation is 1. The van der Waals surface area contributed by atoms with Gasteiger partial charge in [-0.3, -0.25) is 4.90 Å². The first-order valence-electron chi connectivity index (χ1n) is 8.94. The first-order valence-corrected chi connectivity index (χ1v) is 8.94. The van der Waals surface area contributed by atoms with Crippen molar-refractivity contribution in [3.05, 3.63) is 47.5 Å². The Morgan fingerprint density at radius 2 is 1.70 bits per heavy atom. The number of benzene rings is 2. The van der Waals surface area contributed by atoms with Gasteiger partial charge in [-0.15, -0.1) is 0 Å². The van der Waals surface area contributed by atoms with Gasteiger partial charge >= 0.3 is 6.03 Å². The first-order chi connectivity index (χ1) is 13.0. The molecule has 0 fully saturated rings. The van der Waals surface area contributed by atoms with E-state index in [1.807, 2.05) is 50.2 Å². The SMILES string of the molecule is CCN(C(=O)NCCc1cc(OC)c(OC)c(OC)c1)c1cccc(C)c1. The van der Waals surface area contributed by atoms with Crippen molar-refractivity contribution in [1.82, 2.24) is 5.32 Å². The van der Waals surface area contributed by atoms with E-state index in [2.05, 4.69) is 5.32 Å². The largest absolute Gasteiger partial charge is 0.493 e. The van der Waals surface area contributed by atoms with Crippen molar-refractivity contribution in [2.75, 3.05) is 39.3 Å². The summed E-state index contributed by atoms with van der Waals surface area (Å²) in [5, 5.41) is 2.98. The molecule has 0 saturated heterocycles. The number of hydrogen-bond donors (Lipinski definition) is 1. The van der Waals surface area contributed by atoms with E-state index in [4.69, 9.17) is 14.2 Å². The van der Waals surface area contributed by atoms with Gasteiger partial charge in [-0.05, 0) is 55.7 Å². The number of urea groups is 1. The van der Waals surface area contributed by atoms with Gasteiger partial charge in [0, 0.05) is 18.8 Å². The molecule has 0 aromatic heterocycles. The third-order valence-corrected chi connectivity index (χ3v) is 4.29. The van der Waals surface area contributed by atoms with Crippen molar-refractivity contribution in [3.8, 4) is 17.2 Å². The summed E-state index contributed by atoms with van der Waals surface area (Å²) in [6.07, 6.45) is 0.647. The molecule has 6 nitrogen and oxygen atoms in total. The Hall–Kier alpha value is -2.89. The molecule has 2 amide bonds. The second kappa shape index (κ2) is 9.71. The van der Waals surface area contributed by atoms with Crippen LogP contribution in [0.25, 0.3) is 0 Å². The fourth-order valence-corrected chi connectivity index (χ4v) is 2.93. The minimum absolute atomic E-state index is 0.115. The minimum Gasteiger partial charge on any atom is -0.493 e. The van der Waals surface area contributed by atoms with Crippen LogP contribution in [-0.4, -0.2) is 40.5 Å². The molecule has 2 aromatic carbocycles. The number of amides is 2. The van der Waals surface area contributed by atoms with Crippen molar-refractivity contribution >= 4 is 11.7 Å². The molecule has 2 rings (SSSR count). The predicted octanol–water partition coefficient (Wildman–Crippen LogP) is 3.80. The van der Waals surface area contributed by atoms with Crippen molar-refractivity contribution in [1.29, 1.82) is 0 Å². The monoisotopic (exact) mass is 372 g/mol. The Kier molecular flexibility index (Phi) is 7.34. The number of carbonyl (C=O) groups excluding carboxylic acids is 1. The van der Waals surface area contributed by atoms with Gasteiger partial charge in [-0.2, -0.15) is 0 Å². The van der Waals surface area contributed by atoms with E-state index < -0.39 is 0 Å². The Morgan fingerprint density at radius 1 is 1.04 bits per heavy atom. The van der Waals surface area contributed by atoms with E-state index in [0.29, 0.717) is 36.8 Å². The van der Waals surface area contributed by atoms with E-state index in [1.165, 1.54) is 0 Å². The number of anilines is 1. The zero-order valence-corrected chi connectivity index (χ0v) is 16.7. The Morgan fingerprint density at radius 3 is 2.22 bits per heavy atom. The Bertz CT molecular complexity index is 752. The highest BCUT2D eigenvalue weighted by atomic mass is 16.5. The fraction of sp³-hybridized carbons (Fsp3) is 0.381. The number of carbonyl (C=O) groups is 1. The molecule has 0 spiro atoms. The van der Waals surface area contributed by atoms with Crippen LogP contribution in [0.3, 0.4) is 0 Å². The van der Waals surface area contributed by atoms with Gasteiger partial charge in [0.2, 0.25) is 5.75 Å². The summed E-state index contributed by atoms with van der Waals surface area (Å²) >= 11 is 0. The molecule has 0 aliphatic rings. The lowest BCUT2D eigenvalue weighted by atomic mass is 10.1. The van der Waals surface area contributed by atoms with Gasteiger partial charge in [0.05, 0.1) is 21.3 Å². The van der Waals surface area contributed by atoms with Gasteiger partial charge in [-0.25, -0.2) is 4.79 Å². The van der Waals surface area contributed by atoms with E-state index in [0.717, 1.165) is 16.8 Å². The van der Waals surface area contributed by atoms with Crippen LogP contribution in [0, 0.1) is 6.92 Å². The quantitative estimate of drug-likeness (QED) is 0.766. The van der Waals surface area contributed by atoms with Crippen LogP contribution in [0.2, 0.25) is 0 Å². The summed E-state index contributed by atoms with van der Waals surface area (Å²) < 4.78 is 16.1. The average molecular weight is 372 g/mol. The van der Waals surface area contributed by atoms with Crippen LogP contribution < -0.4 is 24.4 Å². The van der Waals surface area contributed by atoms with Crippen LogP contribution in [0.15, 0.2) is 36.4 Å². The number of methoxy groups -OCH3 is 3. The average Bonchev–Trinajstić information content (AvgIpc) is 2.67. The molecular weight excluding hydrogens is 344 g/mol. The molecule has 0 unspecified atom stereocenters. The van der Waals surface area contributed by atoms with Crippen LogP contribution >= 0.6 is 0 Å². The number of nitrogens with zero attached hydrogens (tertiary/aromatic N) is 1. The van der Waals surface area contributed by atoms with E-state index in [1.54, 1.807) is 26.2 Å². The van der Waals surface area contributed by atoms with Gasteiger partial charge in [0.1, 0.15) is 0 Å². The lowest BCUT2D eigenvalue weighted by Gasteiger charge is -2.22. The van der Waals surface area contributed by atoms with Crippen LogP contribution in [-0.2, 0) is 6.42 Å². The topological polar surface area (TPSA) is 60.0 Å². The van der Waals surface area contributed by atoms with E-state index in [-0.39, 0.29) is 6.03 Å². The zero-order chi connectivity index (χ0) is 19.8. The summed E-state index contributed by atoms with van der Waals surface area (Å²) in [5.74, 6) is 1.77. The van der Waals surface area contributed by atoms with Crippen molar-refractivity contribution in [3.63, 3.8) is 0 Å². The highest BCUT2D eigenvalue weighted by Crippen LogP contribution is 2.38. The Balaban J connectivity index is 2.03. The molecule has 6 heteroatoms. The molecule has 146 valence electrons. The number of hydrogen-bond acceptors (Lipinski definition) is 4. The maximum absolute atomic E-state index is 12.6. The molecule has 2 aromatic rings. The van der Waals surface area contributed by atoms with Crippen LogP contribution in [0.4, 0.5) is 10.5 Å². The highest BCUT2D eigenvalue weighted by Gasteiger charge is 2.15. The molecule has 0 saturated carbocycles. The molecule has 0 bridgehead atoms. The summed E-state index contributed by atoms with van der Waals surface area (Å²) in [7, 11) is 4.75. The van der Waals surface area contributed by atoms with E-state index in [9.17, 15) is 4.79 Å². The lowest BCUT2D eigenvalue weighted by molar-refractivity contribution is 0.246. The molecule has 0 heterocycles. The van der Waals surface area contributed by atoms with Crippen LogP contribution in [0.1, 0.15) is 18.1 Å². The van der Waals surface area contributed by atoms with Crippen molar-refractivity contribution in [2.45, 2.75) is 20.3 Å². The molecule has 0 aliphatic carbocycles.